The van der Waals surface area contributed by atoms with Crippen LogP contribution in [0.3, 0.4) is 0 Å². The summed E-state index contributed by atoms with van der Waals surface area (Å²) in [6, 6.07) is 5.88. The summed E-state index contributed by atoms with van der Waals surface area (Å²) in [5, 5.41) is 2.92. The van der Waals surface area contributed by atoms with E-state index in [9.17, 15) is 4.79 Å². The van der Waals surface area contributed by atoms with E-state index >= 15 is 0 Å². The van der Waals surface area contributed by atoms with Crippen LogP contribution >= 0.6 is 11.8 Å². The summed E-state index contributed by atoms with van der Waals surface area (Å²) in [6.07, 6.45) is -0.480. The van der Waals surface area contributed by atoms with Gasteiger partial charge in [0.15, 0.2) is 6.10 Å². The van der Waals surface area contributed by atoms with Crippen LogP contribution in [0.15, 0.2) is 18.2 Å². The number of aryl methyl sites for hydroxylation is 2. The number of benzene rings is 1. The van der Waals surface area contributed by atoms with E-state index in [0.717, 1.165) is 11.5 Å². The first-order valence-corrected chi connectivity index (χ1v) is 8.33. The third kappa shape index (κ3) is 6.89. The van der Waals surface area contributed by atoms with Crippen molar-refractivity contribution >= 4 is 17.7 Å². The molecule has 0 aliphatic carbocycles. The number of thioether (sulfide) groups is 1. The highest BCUT2D eigenvalue weighted by atomic mass is 32.2. The second-order valence-electron chi connectivity index (χ2n) is 6.26. The average molecular weight is 309 g/mol. The summed E-state index contributed by atoms with van der Waals surface area (Å²) in [6.45, 7) is 13.1. The molecule has 1 N–H and O–H groups in total. The fourth-order valence-electron chi connectivity index (χ4n) is 1.72. The normalized spacial score (nSPS) is 12.9. The molecule has 0 aromatic heterocycles. The van der Waals surface area contributed by atoms with Crippen molar-refractivity contribution in [3.05, 3.63) is 29.3 Å². The maximum Gasteiger partial charge on any atom is 0.260 e. The van der Waals surface area contributed by atoms with Gasteiger partial charge in [-0.1, -0.05) is 26.8 Å². The van der Waals surface area contributed by atoms with Crippen LogP contribution in [0.5, 0.6) is 5.75 Å². The smallest absolute Gasteiger partial charge is 0.260 e. The van der Waals surface area contributed by atoms with Crippen LogP contribution in [0.25, 0.3) is 0 Å². The van der Waals surface area contributed by atoms with Crippen molar-refractivity contribution < 1.29 is 9.53 Å². The van der Waals surface area contributed by atoms with E-state index < -0.39 is 6.10 Å². The second-order valence-corrected chi connectivity index (χ2v) is 8.18. The molecule has 0 saturated heterocycles. The molecular weight excluding hydrogens is 282 g/mol. The summed E-state index contributed by atoms with van der Waals surface area (Å²) >= 11 is 1.84. The Balaban J connectivity index is 2.39. The highest BCUT2D eigenvalue weighted by molar-refractivity contribution is 8.00. The minimum atomic E-state index is -0.480. The van der Waals surface area contributed by atoms with Gasteiger partial charge >= 0.3 is 0 Å². The molecule has 0 heterocycles. The molecule has 0 radical (unpaired) electrons. The molecule has 3 nitrogen and oxygen atoms in total. The van der Waals surface area contributed by atoms with Crippen LogP contribution in [0.4, 0.5) is 0 Å². The SMILES string of the molecule is Cc1ccc(O[C@@H](C)C(=O)NCCSC(C)(C)C)cc1C. The Bertz CT molecular complexity index is 480. The van der Waals surface area contributed by atoms with Crippen molar-refractivity contribution in [1.82, 2.24) is 5.32 Å². The zero-order chi connectivity index (χ0) is 16.0. The quantitative estimate of drug-likeness (QED) is 0.814. The molecule has 0 spiro atoms. The summed E-state index contributed by atoms with van der Waals surface area (Å²) in [5.74, 6) is 1.58. The van der Waals surface area contributed by atoms with E-state index in [4.69, 9.17) is 4.74 Å². The minimum absolute atomic E-state index is 0.0669. The zero-order valence-electron chi connectivity index (χ0n) is 13.9. The number of amides is 1. The van der Waals surface area contributed by atoms with Crippen LogP contribution in [0, 0.1) is 13.8 Å². The van der Waals surface area contributed by atoms with Crippen molar-refractivity contribution in [2.24, 2.45) is 0 Å². The standard InChI is InChI=1S/C17H27NO2S/c1-12-7-8-15(11-13(12)2)20-14(3)16(19)18-9-10-21-17(4,5)6/h7-8,11,14H,9-10H2,1-6H3,(H,18,19)/t14-/m0/s1. The number of carbonyl (C=O) groups excluding carboxylic acids is 1. The fraction of sp³-hybridized carbons (Fsp3) is 0.588. The minimum Gasteiger partial charge on any atom is -0.481 e. The van der Waals surface area contributed by atoms with Gasteiger partial charge in [0, 0.05) is 17.0 Å². The van der Waals surface area contributed by atoms with Gasteiger partial charge in [0.05, 0.1) is 0 Å². The van der Waals surface area contributed by atoms with Crippen LogP contribution in [-0.2, 0) is 4.79 Å². The average Bonchev–Trinajstić information content (AvgIpc) is 2.37. The third-order valence-corrected chi connectivity index (χ3v) is 4.37. The van der Waals surface area contributed by atoms with Crippen LogP contribution in [0.1, 0.15) is 38.8 Å². The summed E-state index contributed by atoms with van der Waals surface area (Å²) in [5.41, 5.74) is 2.39. The molecule has 0 aliphatic heterocycles. The van der Waals surface area contributed by atoms with E-state index in [1.54, 1.807) is 6.92 Å². The monoisotopic (exact) mass is 309 g/mol. The number of ether oxygens (including phenoxy) is 1. The van der Waals surface area contributed by atoms with Gasteiger partial charge in [0.2, 0.25) is 0 Å². The van der Waals surface area contributed by atoms with E-state index in [2.05, 4.69) is 33.0 Å². The lowest BCUT2D eigenvalue weighted by Gasteiger charge is -2.19. The highest BCUT2D eigenvalue weighted by Gasteiger charge is 2.15. The Hall–Kier alpha value is -1.16. The summed E-state index contributed by atoms with van der Waals surface area (Å²) in [4.78, 5) is 12.0. The number of hydrogen-bond acceptors (Lipinski definition) is 3. The lowest BCUT2D eigenvalue weighted by atomic mass is 10.1. The second kappa shape index (κ2) is 7.74. The van der Waals surface area contributed by atoms with Crippen LogP contribution < -0.4 is 10.1 Å². The number of nitrogens with one attached hydrogen (secondary N) is 1. The molecule has 1 aromatic rings. The molecule has 0 unspecified atom stereocenters. The van der Waals surface area contributed by atoms with Gasteiger partial charge in [0.1, 0.15) is 5.75 Å². The maximum atomic E-state index is 12.0. The van der Waals surface area contributed by atoms with Crippen molar-refractivity contribution in [3.63, 3.8) is 0 Å². The van der Waals surface area contributed by atoms with Crippen LogP contribution in [-0.4, -0.2) is 29.1 Å². The molecule has 1 aromatic carbocycles. The first-order valence-electron chi connectivity index (χ1n) is 7.34. The number of hydrogen-bond donors (Lipinski definition) is 1. The number of rotatable bonds is 6. The van der Waals surface area contributed by atoms with Gasteiger partial charge in [-0.15, -0.1) is 0 Å². The maximum absolute atomic E-state index is 12.0. The van der Waals surface area contributed by atoms with Crippen molar-refractivity contribution in [1.29, 1.82) is 0 Å². The van der Waals surface area contributed by atoms with Crippen LogP contribution in [0.2, 0.25) is 0 Å². The molecule has 1 rings (SSSR count). The van der Waals surface area contributed by atoms with Gasteiger partial charge in [-0.3, -0.25) is 4.79 Å². The van der Waals surface area contributed by atoms with Gasteiger partial charge in [0.25, 0.3) is 5.91 Å². The van der Waals surface area contributed by atoms with E-state index in [0.29, 0.717) is 6.54 Å². The van der Waals surface area contributed by atoms with E-state index in [-0.39, 0.29) is 10.7 Å². The Morgan fingerprint density at radius 1 is 1.29 bits per heavy atom. The highest BCUT2D eigenvalue weighted by Crippen LogP contribution is 2.22. The predicted octanol–water partition coefficient (Wildman–Crippen LogP) is 3.72. The van der Waals surface area contributed by atoms with Gasteiger partial charge in [-0.05, 0) is 44.0 Å². The lowest BCUT2D eigenvalue weighted by Crippen LogP contribution is -2.37. The van der Waals surface area contributed by atoms with Crippen molar-refractivity contribution in [2.75, 3.05) is 12.3 Å². The number of carbonyl (C=O) groups is 1. The Morgan fingerprint density at radius 2 is 1.95 bits per heavy atom. The topological polar surface area (TPSA) is 38.3 Å². The third-order valence-electron chi connectivity index (χ3n) is 3.10. The fourth-order valence-corrected chi connectivity index (χ4v) is 2.54. The van der Waals surface area contributed by atoms with Gasteiger partial charge in [-0.25, -0.2) is 0 Å². The Kier molecular flexibility index (Phi) is 6.59. The first-order chi connectivity index (χ1) is 9.69. The molecule has 0 bridgehead atoms. The van der Waals surface area contributed by atoms with E-state index in [1.807, 2.05) is 36.9 Å². The molecule has 0 fully saturated rings. The Labute approximate surface area is 132 Å². The summed E-state index contributed by atoms with van der Waals surface area (Å²) < 4.78 is 5.92. The summed E-state index contributed by atoms with van der Waals surface area (Å²) in [7, 11) is 0. The first kappa shape index (κ1) is 17.9. The van der Waals surface area contributed by atoms with Gasteiger partial charge < -0.3 is 10.1 Å². The molecule has 1 amide bonds. The molecule has 4 heteroatoms. The molecule has 21 heavy (non-hydrogen) atoms. The van der Waals surface area contributed by atoms with E-state index in [1.165, 1.54) is 11.1 Å². The van der Waals surface area contributed by atoms with Gasteiger partial charge in [-0.2, -0.15) is 11.8 Å². The molecule has 0 saturated carbocycles. The molecular formula is C17H27NO2S. The van der Waals surface area contributed by atoms with Crippen molar-refractivity contribution in [3.8, 4) is 5.75 Å². The molecule has 0 aliphatic rings. The molecule has 118 valence electrons. The lowest BCUT2D eigenvalue weighted by molar-refractivity contribution is -0.127. The zero-order valence-corrected chi connectivity index (χ0v) is 14.8. The van der Waals surface area contributed by atoms with Crippen molar-refractivity contribution in [2.45, 2.75) is 52.4 Å². The Morgan fingerprint density at radius 3 is 2.52 bits per heavy atom. The molecule has 1 atom stereocenters. The predicted molar refractivity (Wildman–Crippen MR) is 91.2 cm³/mol. The largest absolute Gasteiger partial charge is 0.481 e.